The lowest BCUT2D eigenvalue weighted by molar-refractivity contribution is -0.142. The second-order valence-electron chi connectivity index (χ2n) is 10.4. The molecule has 0 aliphatic heterocycles. The van der Waals surface area contributed by atoms with Gasteiger partial charge in [0, 0.05) is 12.1 Å². The van der Waals surface area contributed by atoms with Crippen molar-refractivity contribution in [2.75, 3.05) is 6.54 Å². The molecule has 0 saturated heterocycles. The molecule has 1 aromatic carbocycles. The van der Waals surface area contributed by atoms with E-state index in [0.717, 1.165) is 6.42 Å². The number of phenolic OH excluding ortho intramolecular Hbond substituents is 1. The first-order valence-corrected chi connectivity index (χ1v) is 11.5. The fourth-order valence-electron chi connectivity index (χ4n) is 3.25. The molecule has 3 N–H and O–H groups in total. The number of carbonyl (C=O) groups is 3. The molecule has 2 unspecified atom stereocenters. The Kier molecular flexibility index (Phi) is 9.75. The first kappa shape index (κ1) is 28.3. The Morgan fingerprint density at radius 1 is 1.12 bits per heavy atom. The molecule has 0 aliphatic carbocycles. The van der Waals surface area contributed by atoms with Crippen molar-refractivity contribution >= 4 is 17.9 Å². The number of benzene rings is 1. The van der Waals surface area contributed by atoms with E-state index in [2.05, 4.69) is 10.6 Å². The molecule has 186 valence electrons. The van der Waals surface area contributed by atoms with Crippen LogP contribution in [0.2, 0.25) is 0 Å². The number of aromatic hydroxyl groups is 1. The molecule has 1 rings (SSSR count). The Morgan fingerprint density at radius 2 is 1.73 bits per heavy atom. The normalized spacial score (nSPS) is 13.6. The maximum atomic E-state index is 13.5. The summed E-state index contributed by atoms with van der Waals surface area (Å²) in [6, 6.07) is 3.05. The average molecular weight is 464 g/mol. The zero-order chi connectivity index (χ0) is 25.6. The molecule has 2 atom stereocenters. The van der Waals surface area contributed by atoms with E-state index in [9.17, 15) is 19.5 Å². The first-order chi connectivity index (χ1) is 15.1. The van der Waals surface area contributed by atoms with Crippen molar-refractivity contribution in [2.45, 2.75) is 98.4 Å². The van der Waals surface area contributed by atoms with Gasteiger partial charge in [-0.15, -0.1) is 0 Å². The fourth-order valence-corrected chi connectivity index (χ4v) is 3.25. The van der Waals surface area contributed by atoms with E-state index in [1.165, 1.54) is 11.0 Å². The number of rotatable bonds is 8. The number of ether oxygens (including phenoxy) is 1. The third-order valence-corrected chi connectivity index (χ3v) is 4.73. The number of alkyl carbamates (subject to hydrolysis) is 1. The first-order valence-electron chi connectivity index (χ1n) is 11.5. The van der Waals surface area contributed by atoms with E-state index in [1.807, 2.05) is 27.7 Å². The SMILES string of the molecule is CCCCN(C(=O)C(C)NC(=O)OC(C)(C)C)C(C(=O)NC(C)(C)C)c1ccc(O)c(C)c1. The summed E-state index contributed by atoms with van der Waals surface area (Å²) in [5, 5.41) is 15.5. The lowest BCUT2D eigenvalue weighted by Gasteiger charge is -2.35. The van der Waals surface area contributed by atoms with Gasteiger partial charge >= 0.3 is 6.09 Å². The molecular formula is C25H41N3O5. The van der Waals surface area contributed by atoms with Gasteiger partial charge in [0.1, 0.15) is 23.4 Å². The molecule has 8 heteroatoms. The van der Waals surface area contributed by atoms with Crippen molar-refractivity contribution in [1.82, 2.24) is 15.5 Å². The Balaban J connectivity index is 3.37. The highest BCUT2D eigenvalue weighted by molar-refractivity contribution is 5.92. The van der Waals surface area contributed by atoms with Gasteiger partial charge in [0.05, 0.1) is 0 Å². The number of nitrogens with one attached hydrogen (secondary N) is 2. The van der Waals surface area contributed by atoms with Crippen LogP contribution in [0.3, 0.4) is 0 Å². The van der Waals surface area contributed by atoms with Crippen LogP contribution in [0.5, 0.6) is 5.75 Å². The standard InChI is InChI=1S/C25H41N3O5/c1-10-11-14-28(22(31)17(3)26-23(32)33-25(7,8)9)20(21(30)27-24(4,5)6)18-12-13-19(29)16(2)15-18/h12-13,15,17,20,29H,10-11,14H2,1-9H3,(H,26,32)(H,27,30). The smallest absolute Gasteiger partial charge is 0.408 e. The van der Waals surface area contributed by atoms with Crippen LogP contribution in [0.25, 0.3) is 0 Å². The monoisotopic (exact) mass is 463 g/mol. The summed E-state index contributed by atoms with van der Waals surface area (Å²) in [6.07, 6.45) is 0.802. The molecule has 3 amide bonds. The largest absolute Gasteiger partial charge is 0.508 e. The molecule has 0 bridgehead atoms. The van der Waals surface area contributed by atoms with Gasteiger partial charge in [-0.25, -0.2) is 4.79 Å². The molecule has 0 aliphatic rings. The van der Waals surface area contributed by atoms with Crippen LogP contribution >= 0.6 is 0 Å². The van der Waals surface area contributed by atoms with Gasteiger partial charge in [-0.2, -0.15) is 0 Å². The predicted octanol–water partition coefficient (Wildman–Crippen LogP) is 4.20. The van der Waals surface area contributed by atoms with Crippen LogP contribution in [0.1, 0.15) is 85.4 Å². The van der Waals surface area contributed by atoms with E-state index in [4.69, 9.17) is 4.74 Å². The van der Waals surface area contributed by atoms with E-state index >= 15 is 0 Å². The number of hydrogen-bond acceptors (Lipinski definition) is 5. The summed E-state index contributed by atoms with van der Waals surface area (Å²) in [4.78, 5) is 40.7. The Hall–Kier alpha value is -2.77. The minimum atomic E-state index is -0.925. The summed E-state index contributed by atoms with van der Waals surface area (Å²) in [7, 11) is 0. The zero-order valence-corrected chi connectivity index (χ0v) is 21.5. The molecule has 33 heavy (non-hydrogen) atoms. The molecule has 0 saturated carbocycles. The van der Waals surface area contributed by atoms with Crippen LogP contribution < -0.4 is 10.6 Å². The van der Waals surface area contributed by atoms with Gasteiger partial charge in [0.15, 0.2) is 0 Å². The van der Waals surface area contributed by atoms with Crippen LogP contribution in [0, 0.1) is 6.92 Å². The number of hydrogen-bond donors (Lipinski definition) is 3. The number of amides is 3. The second-order valence-corrected chi connectivity index (χ2v) is 10.4. The highest BCUT2D eigenvalue weighted by Crippen LogP contribution is 2.28. The molecule has 0 fully saturated rings. The van der Waals surface area contributed by atoms with Gasteiger partial charge in [0.2, 0.25) is 11.8 Å². The van der Waals surface area contributed by atoms with E-state index in [-0.39, 0.29) is 11.7 Å². The summed E-state index contributed by atoms with van der Waals surface area (Å²) < 4.78 is 5.28. The average Bonchev–Trinajstić information content (AvgIpc) is 2.63. The highest BCUT2D eigenvalue weighted by Gasteiger charge is 2.35. The van der Waals surface area contributed by atoms with Crippen molar-refractivity contribution in [3.63, 3.8) is 0 Å². The summed E-state index contributed by atoms with van der Waals surface area (Å²) >= 11 is 0. The van der Waals surface area contributed by atoms with Crippen LogP contribution in [0.4, 0.5) is 4.79 Å². The third kappa shape index (κ3) is 9.32. The molecular weight excluding hydrogens is 422 g/mol. The van der Waals surface area contributed by atoms with Crippen molar-refractivity contribution in [1.29, 1.82) is 0 Å². The molecule has 0 radical (unpaired) electrons. The fraction of sp³-hybridized carbons (Fsp3) is 0.640. The van der Waals surface area contributed by atoms with Gasteiger partial charge in [0.25, 0.3) is 0 Å². The summed E-state index contributed by atoms with van der Waals surface area (Å²) in [5.74, 6) is -0.615. The lowest BCUT2D eigenvalue weighted by Crippen LogP contribution is -2.54. The van der Waals surface area contributed by atoms with Gasteiger partial charge in [-0.3, -0.25) is 9.59 Å². The van der Waals surface area contributed by atoms with Crippen molar-refractivity contribution in [3.05, 3.63) is 29.3 Å². The third-order valence-electron chi connectivity index (χ3n) is 4.73. The quantitative estimate of drug-likeness (QED) is 0.536. The number of nitrogens with zero attached hydrogens (tertiary/aromatic N) is 1. The van der Waals surface area contributed by atoms with Gasteiger partial charge in [-0.05, 0) is 85.1 Å². The molecule has 8 nitrogen and oxygen atoms in total. The molecule has 0 heterocycles. The zero-order valence-electron chi connectivity index (χ0n) is 21.5. The molecule has 1 aromatic rings. The van der Waals surface area contributed by atoms with Crippen molar-refractivity contribution < 1.29 is 24.2 Å². The summed E-state index contributed by atoms with van der Waals surface area (Å²) in [6.45, 7) is 16.5. The minimum Gasteiger partial charge on any atom is -0.508 e. The maximum absolute atomic E-state index is 13.5. The van der Waals surface area contributed by atoms with E-state index < -0.39 is 35.2 Å². The van der Waals surface area contributed by atoms with Crippen LogP contribution in [-0.4, -0.2) is 51.6 Å². The highest BCUT2D eigenvalue weighted by atomic mass is 16.6. The van der Waals surface area contributed by atoms with E-state index in [0.29, 0.717) is 24.1 Å². The maximum Gasteiger partial charge on any atom is 0.408 e. The minimum absolute atomic E-state index is 0.111. The van der Waals surface area contributed by atoms with Crippen molar-refractivity contribution in [2.24, 2.45) is 0 Å². The van der Waals surface area contributed by atoms with Gasteiger partial charge < -0.3 is 25.4 Å². The van der Waals surface area contributed by atoms with E-state index in [1.54, 1.807) is 46.8 Å². The number of unbranched alkanes of at least 4 members (excludes halogenated alkanes) is 1. The van der Waals surface area contributed by atoms with Crippen molar-refractivity contribution in [3.8, 4) is 5.75 Å². The Morgan fingerprint density at radius 3 is 2.21 bits per heavy atom. The number of phenols is 1. The van der Waals surface area contributed by atoms with Crippen LogP contribution in [-0.2, 0) is 14.3 Å². The lowest BCUT2D eigenvalue weighted by atomic mass is 9.98. The topological polar surface area (TPSA) is 108 Å². The number of carbonyl (C=O) groups excluding carboxylic acids is 3. The second kappa shape index (κ2) is 11.4. The van der Waals surface area contributed by atoms with Crippen LogP contribution in [0.15, 0.2) is 18.2 Å². The predicted molar refractivity (Wildman–Crippen MR) is 129 cm³/mol. The number of aryl methyl sites for hydroxylation is 1. The summed E-state index contributed by atoms with van der Waals surface area (Å²) in [5.41, 5.74) is -0.0286. The van der Waals surface area contributed by atoms with Gasteiger partial charge in [-0.1, -0.05) is 19.4 Å². The Bertz CT molecular complexity index is 839. The molecule has 0 aromatic heterocycles. The molecule has 0 spiro atoms. The Labute approximate surface area is 198 Å².